The summed E-state index contributed by atoms with van der Waals surface area (Å²) in [6.07, 6.45) is 1.10. The normalized spacial score (nSPS) is 13.7. The van der Waals surface area contributed by atoms with Gasteiger partial charge in [0.05, 0.1) is 5.52 Å². The number of rotatable bonds is 3. The van der Waals surface area contributed by atoms with Crippen molar-refractivity contribution in [1.82, 2.24) is 4.57 Å². The van der Waals surface area contributed by atoms with Crippen LogP contribution in [-0.2, 0) is 22.6 Å². The van der Waals surface area contributed by atoms with Gasteiger partial charge in [-0.2, -0.15) is 0 Å². The molecular weight excluding hydrogens is 334 g/mol. The Morgan fingerprint density at radius 2 is 1.96 bits per heavy atom. The fraction of sp³-hybridized carbons (Fsp3) is 0.211. The van der Waals surface area contributed by atoms with Gasteiger partial charge in [0.25, 0.3) is 0 Å². The molecule has 0 atom stereocenters. The van der Waals surface area contributed by atoms with E-state index in [1.807, 2.05) is 12.1 Å². The molecule has 1 aromatic heterocycles. The highest BCUT2D eigenvalue weighted by Gasteiger charge is 2.21. The molecule has 0 unspecified atom stereocenters. The van der Waals surface area contributed by atoms with E-state index in [1.165, 1.54) is 4.57 Å². The second-order valence-corrected chi connectivity index (χ2v) is 6.27. The van der Waals surface area contributed by atoms with Crippen molar-refractivity contribution in [2.75, 3.05) is 17.3 Å². The number of aromatic nitrogens is 1. The minimum absolute atomic E-state index is 0.0838. The number of nitrogens with one attached hydrogen (secondary N) is 1. The van der Waals surface area contributed by atoms with Crippen LogP contribution in [0.2, 0.25) is 0 Å². The lowest BCUT2D eigenvalue weighted by atomic mass is 10.0. The molecular formula is C19H17N3O4. The summed E-state index contributed by atoms with van der Waals surface area (Å²) in [6, 6.07) is 12.4. The number of oxazole rings is 1. The average Bonchev–Trinajstić information content (AvgIpc) is 2.94. The Hall–Kier alpha value is -3.35. The standard InChI is InChI=1S/C19H17N3O4/c1-21-14-8-7-13(10-12(14)6-9-18(21)24)20-17(23)11-22-15-4-2-3-5-16(15)26-19(22)25/h2-5,7-8,10H,6,9,11H2,1H3,(H,20,23). The molecule has 0 spiro atoms. The van der Waals surface area contributed by atoms with Crippen molar-refractivity contribution in [2.24, 2.45) is 0 Å². The first-order valence-corrected chi connectivity index (χ1v) is 8.30. The maximum atomic E-state index is 12.4. The quantitative estimate of drug-likeness (QED) is 0.783. The molecule has 1 aliphatic heterocycles. The van der Waals surface area contributed by atoms with Crippen molar-refractivity contribution < 1.29 is 14.0 Å². The number of fused-ring (bicyclic) bond motifs is 2. The van der Waals surface area contributed by atoms with Crippen LogP contribution < -0.4 is 16.0 Å². The molecule has 7 heteroatoms. The smallest absolute Gasteiger partial charge is 0.408 e. The molecule has 7 nitrogen and oxygen atoms in total. The molecule has 0 radical (unpaired) electrons. The number of anilines is 2. The van der Waals surface area contributed by atoms with Crippen molar-refractivity contribution in [3.63, 3.8) is 0 Å². The Labute approximate surface area is 148 Å². The van der Waals surface area contributed by atoms with Gasteiger partial charge in [0.2, 0.25) is 11.8 Å². The Bertz CT molecular complexity index is 1080. The number of hydrogen-bond donors (Lipinski definition) is 1. The van der Waals surface area contributed by atoms with Crippen LogP contribution >= 0.6 is 0 Å². The summed E-state index contributed by atoms with van der Waals surface area (Å²) in [4.78, 5) is 37.7. The Morgan fingerprint density at radius 3 is 2.81 bits per heavy atom. The van der Waals surface area contributed by atoms with Crippen molar-refractivity contribution in [2.45, 2.75) is 19.4 Å². The molecule has 2 amide bonds. The second-order valence-electron chi connectivity index (χ2n) is 6.27. The predicted octanol–water partition coefficient (Wildman–Crippen LogP) is 2.14. The highest BCUT2D eigenvalue weighted by atomic mass is 16.4. The van der Waals surface area contributed by atoms with Gasteiger partial charge in [-0.15, -0.1) is 0 Å². The van der Waals surface area contributed by atoms with E-state index in [4.69, 9.17) is 4.42 Å². The van der Waals surface area contributed by atoms with Crippen LogP contribution in [0.15, 0.2) is 51.7 Å². The maximum absolute atomic E-state index is 12.4. The van der Waals surface area contributed by atoms with E-state index in [9.17, 15) is 14.4 Å². The fourth-order valence-corrected chi connectivity index (χ4v) is 3.24. The highest BCUT2D eigenvalue weighted by molar-refractivity contribution is 5.97. The van der Waals surface area contributed by atoms with E-state index in [-0.39, 0.29) is 18.4 Å². The van der Waals surface area contributed by atoms with Crippen LogP contribution in [0.1, 0.15) is 12.0 Å². The largest absolute Gasteiger partial charge is 0.420 e. The molecule has 0 bridgehead atoms. The summed E-state index contributed by atoms with van der Waals surface area (Å²) >= 11 is 0. The lowest BCUT2D eigenvalue weighted by Crippen LogP contribution is -2.31. The number of aryl methyl sites for hydroxylation is 1. The summed E-state index contributed by atoms with van der Waals surface area (Å²) in [5.74, 6) is -0.800. The number of carbonyl (C=O) groups is 2. The van der Waals surface area contributed by atoms with Crippen molar-refractivity contribution >= 4 is 34.3 Å². The van der Waals surface area contributed by atoms with E-state index >= 15 is 0 Å². The lowest BCUT2D eigenvalue weighted by Gasteiger charge is -2.26. The van der Waals surface area contributed by atoms with Crippen LogP contribution in [0, 0.1) is 0 Å². The minimum atomic E-state index is -0.563. The summed E-state index contributed by atoms with van der Waals surface area (Å²) in [7, 11) is 1.75. The van der Waals surface area contributed by atoms with E-state index in [0.29, 0.717) is 29.6 Å². The zero-order chi connectivity index (χ0) is 18.3. The van der Waals surface area contributed by atoms with Crippen LogP contribution in [-0.4, -0.2) is 23.4 Å². The minimum Gasteiger partial charge on any atom is -0.408 e. The average molecular weight is 351 g/mol. The third-order valence-corrected chi connectivity index (χ3v) is 4.58. The molecule has 1 N–H and O–H groups in total. The highest BCUT2D eigenvalue weighted by Crippen LogP contribution is 2.29. The molecule has 2 heterocycles. The topological polar surface area (TPSA) is 84.5 Å². The Kier molecular flexibility index (Phi) is 3.84. The van der Waals surface area contributed by atoms with E-state index < -0.39 is 5.76 Å². The van der Waals surface area contributed by atoms with Gasteiger partial charge in [0, 0.05) is 24.8 Å². The van der Waals surface area contributed by atoms with Crippen LogP contribution in [0.25, 0.3) is 11.1 Å². The van der Waals surface area contributed by atoms with Gasteiger partial charge in [0.15, 0.2) is 5.58 Å². The first-order chi connectivity index (χ1) is 12.5. The molecule has 0 saturated carbocycles. The molecule has 0 fully saturated rings. The van der Waals surface area contributed by atoms with Gasteiger partial charge < -0.3 is 14.6 Å². The van der Waals surface area contributed by atoms with Gasteiger partial charge in [-0.1, -0.05) is 12.1 Å². The first-order valence-electron chi connectivity index (χ1n) is 8.30. The van der Waals surface area contributed by atoms with Gasteiger partial charge in [-0.25, -0.2) is 4.79 Å². The van der Waals surface area contributed by atoms with E-state index in [0.717, 1.165) is 11.3 Å². The molecule has 0 aliphatic carbocycles. The molecule has 2 aromatic carbocycles. The van der Waals surface area contributed by atoms with Crippen LogP contribution in [0.4, 0.5) is 11.4 Å². The first kappa shape index (κ1) is 16.1. The van der Waals surface area contributed by atoms with Gasteiger partial charge in [-0.3, -0.25) is 14.2 Å². The zero-order valence-corrected chi connectivity index (χ0v) is 14.2. The summed E-state index contributed by atoms with van der Waals surface area (Å²) < 4.78 is 6.44. The molecule has 0 saturated heterocycles. The van der Waals surface area contributed by atoms with Crippen LogP contribution in [0.5, 0.6) is 0 Å². The summed E-state index contributed by atoms with van der Waals surface area (Å²) in [5.41, 5.74) is 3.54. The van der Waals surface area contributed by atoms with E-state index in [2.05, 4.69) is 5.32 Å². The molecule has 4 rings (SSSR count). The fourth-order valence-electron chi connectivity index (χ4n) is 3.24. The Balaban J connectivity index is 1.54. The third-order valence-electron chi connectivity index (χ3n) is 4.58. The van der Waals surface area contributed by atoms with Crippen molar-refractivity contribution in [1.29, 1.82) is 0 Å². The van der Waals surface area contributed by atoms with Gasteiger partial charge in [-0.05, 0) is 42.3 Å². The Morgan fingerprint density at radius 1 is 1.15 bits per heavy atom. The predicted molar refractivity (Wildman–Crippen MR) is 97.3 cm³/mol. The molecule has 1 aliphatic rings. The second kappa shape index (κ2) is 6.18. The van der Waals surface area contributed by atoms with Crippen molar-refractivity contribution in [3.8, 4) is 0 Å². The molecule has 132 valence electrons. The van der Waals surface area contributed by atoms with Crippen molar-refractivity contribution in [3.05, 3.63) is 58.6 Å². The third kappa shape index (κ3) is 2.77. The number of carbonyl (C=O) groups excluding carboxylic acids is 2. The van der Waals surface area contributed by atoms with Gasteiger partial charge >= 0.3 is 5.76 Å². The summed E-state index contributed by atoms with van der Waals surface area (Å²) in [6.45, 7) is -0.134. The van der Waals surface area contributed by atoms with Gasteiger partial charge in [0.1, 0.15) is 6.54 Å². The molecule has 3 aromatic rings. The zero-order valence-electron chi connectivity index (χ0n) is 14.2. The SMILES string of the molecule is CN1C(=O)CCc2cc(NC(=O)Cn3c(=O)oc4ccccc43)ccc21. The number of amides is 2. The molecule has 26 heavy (non-hydrogen) atoms. The number of para-hydroxylation sites is 2. The maximum Gasteiger partial charge on any atom is 0.420 e. The summed E-state index contributed by atoms with van der Waals surface area (Å²) in [5, 5.41) is 2.80. The lowest BCUT2D eigenvalue weighted by molar-refractivity contribution is -0.118. The van der Waals surface area contributed by atoms with Crippen LogP contribution in [0.3, 0.4) is 0 Å². The van der Waals surface area contributed by atoms with E-state index in [1.54, 1.807) is 42.3 Å². The number of nitrogens with zero attached hydrogens (tertiary/aromatic N) is 2. The number of hydrogen-bond acceptors (Lipinski definition) is 4. The number of benzene rings is 2. The monoisotopic (exact) mass is 351 g/mol.